The summed E-state index contributed by atoms with van der Waals surface area (Å²) in [5, 5.41) is 12.9. The zero-order chi connectivity index (χ0) is 19.8. The summed E-state index contributed by atoms with van der Waals surface area (Å²) in [7, 11) is 0. The highest BCUT2D eigenvalue weighted by atomic mass is 35.5. The summed E-state index contributed by atoms with van der Waals surface area (Å²) in [5.74, 6) is -1.57. The van der Waals surface area contributed by atoms with Gasteiger partial charge >= 0.3 is 0 Å². The Balaban J connectivity index is 1.92. The van der Waals surface area contributed by atoms with Crippen molar-refractivity contribution in [1.82, 2.24) is 4.98 Å². The van der Waals surface area contributed by atoms with E-state index in [1.807, 2.05) is 0 Å². The van der Waals surface area contributed by atoms with Crippen LogP contribution in [0.15, 0.2) is 71.6 Å². The molecule has 5 nitrogen and oxygen atoms in total. The van der Waals surface area contributed by atoms with Gasteiger partial charge in [-0.2, -0.15) is 0 Å². The minimum absolute atomic E-state index is 0.0415. The summed E-state index contributed by atoms with van der Waals surface area (Å²) in [6, 6.07) is 11.3. The Labute approximate surface area is 170 Å². The predicted molar refractivity (Wildman–Crippen MR) is 109 cm³/mol. The first-order chi connectivity index (χ1) is 13.5. The highest BCUT2D eigenvalue weighted by Crippen LogP contribution is 2.43. The van der Waals surface area contributed by atoms with E-state index in [9.17, 15) is 14.7 Å². The van der Waals surface area contributed by atoms with Crippen molar-refractivity contribution in [3.63, 3.8) is 0 Å². The van der Waals surface area contributed by atoms with Crippen LogP contribution in [0.25, 0.3) is 0 Å². The Kier molecular flexibility index (Phi) is 4.75. The molecule has 1 N–H and O–H groups in total. The minimum Gasteiger partial charge on any atom is -0.503 e. The number of benzene rings is 1. The lowest BCUT2D eigenvalue weighted by Gasteiger charge is -2.28. The molecule has 1 aliphatic rings. The molecule has 3 heterocycles. The van der Waals surface area contributed by atoms with E-state index in [4.69, 9.17) is 11.6 Å². The first-order valence-electron chi connectivity index (χ1n) is 8.50. The number of thiophene rings is 1. The first-order valence-corrected chi connectivity index (χ1v) is 9.76. The van der Waals surface area contributed by atoms with Crippen LogP contribution in [0.4, 0.5) is 5.69 Å². The maximum Gasteiger partial charge on any atom is 0.294 e. The van der Waals surface area contributed by atoms with Crippen molar-refractivity contribution in [1.29, 1.82) is 0 Å². The number of pyridine rings is 1. The van der Waals surface area contributed by atoms with Crippen LogP contribution in [0.1, 0.15) is 26.8 Å². The molecule has 4 rings (SSSR count). The summed E-state index contributed by atoms with van der Waals surface area (Å²) in [5.41, 5.74) is 1.88. The van der Waals surface area contributed by atoms with Gasteiger partial charge in [0, 0.05) is 23.1 Å². The molecule has 3 aromatic rings. The molecule has 0 bridgehead atoms. The fourth-order valence-corrected chi connectivity index (χ4v) is 4.18. The first kappa shape index (κ1) is 18.4. The van der Waals surface area contributed by atoms with Crippen molar-refractivity contribution in [3.05, 3.63) is 92.6 Å². The Morgan fingerprint density at radius 2 is 2.04 bits per heavy atom. The number of amides is 1. The highest BCUT2D eigenvalue weighted by molar-refractivity contribution is 7.12. The number of ketones is 1. The van der Waals surface area contributed by atoms with Crippen molar-refractivity contribution in [2.24, 2.45) is 0 Å². The largest absolute Gasteiger partial charge is 0.503 e. The number of Topliss-reactive ketones (excluding diaryl/α,β-unsaturated/α-hetero) is 1. The van der Waals surface area contributed by atoms with Gasteiger partial charge in [-0.1, -0.05) is 29.8 Å². The molecule has 28 heavy (non-hydrogen) atoms. The van der Waals surface area contributed by atoms with E-state index in [2.05, 4.69) is 4.98 Å². The number of aliphatic hydroxyl groups excluding tert-OH is 1. The standard InChI is InChI=1S/C21H15ClN2O3S/c1-12-14(22)6-2-7-15(12)24-18(13-5-3-9-23-11-13)17(20(26)21(24)27)19(25)16-8-4-10-28-16/h2-11,18,26H,1H3. The quantitative estimate of drug-likeness (QED) is 0.622. The summed E-state index contributed by atoms with van der Waals surface area (Å²) < 4.78 is 0. The second-order valence-electron chi connectivity index (χ2n) is 6.32. The monoisotopic (exact) mass is 410 g/mol. The molecular formula is C21H15ClN2O3S. The lowest BCUT2D eigenvalue weighted by atomic mass is 9.96. The van der Waals surface area contributed by atoms with Gasteiger partial charge in [0.25, 0.3) is 5.91 Å². The van der Waals surface area contributed by atoms with Crippen LogP contribution in [0.5, 0.6) is 0 Å². The Morgan fingerprint density at radius 1 is 1.21 bits per heavy atom. The highest BCUT2D eigenvalue weighted by Gasteiger charge is 2.45. The van der Waals surface area contributed by atoms with Crippen LogP contribution in [0, 0.1) is 6.92 Å². The van der Waals surface area contributed by atoms with Gasteiger partial charge in [-0.3, -0.25) is 19.5 Å². The van der Waals surface area contributed by atoms with E-state index >= 15 is 0 Å². The molecule has 0 spiro atoms. The van der Waals surface area contributed by atoms with Gasteiger partial charge in [-0.05, 0) is 47.7 Å². The third kappa shape index (κ3) is 2.91. The zero-order valence-corrected chi connectivity index (χ0v) is 16.4. The van der Waals surface area contributed by atoms with Gasteiger partial charge in [-0.15, -0.1) is 11.3 Å². The van der Waals surface area contributed by atoms with Crippen LogP contribution in [-0.2, 0) is 4.79 Å². The van der Waals surface area contributed by atoms with Crippen molar-refractivity contribution >= 4 is 40.3 Å². The second-order valence-corrected chi connectivity index (χ2v) is 7.67. The fourth-order valence-electron chi connectivity index (χ4n) is 3.34. The van der Waals surface area contributed by atoms with Crippen molar-refractivity contribution in [3.8, 4) is 0 Å². The number of hydrogen-bond acceptors (Lipinski definition) is 5. The number of hydrogen-bond donors (Lipinski definition) is 1. The van der Waals surface area contributed by atoms with Crippen LogP contribution >= 0.6 is 22.9 Å². The third-order valence-corrected chi connectivity index (χ3v) is 5.97. The van der Waals surface area contributed by atoms with Crippen LogP contribution in [0.2, 0.25) is 5.02 Å². The van der Waals surface area contributed by atoms with E-state index in [1.54, 1.807) is 67.2 Å². The average molecular weight is 411 g/mol. The molecule has 1 amide bonds. The molecule has 0 saturated carbocycles. The second kappa shape index (κ2) is 7.22. The van der Waals surface area contributed by atoms with E-state index in [0.29, 0.717) is 26.7 Å². The summed E-state index contributed by atoms with van der Waals surface area (Å²) >= 11 is 7.52. The topological polar surface area (TPSA) is 70.5 Å². The smallest absolute Gasteiger partial charge is 0.294 e. The third-order valence-electron chi connectivity index (χ3n) is 4.70. The molecule has 7 heteroatoms. The maximum absolute atomic E-state index is 13.1. The molecule has 0 aliphatic carbocycles. The molecule has 1 atom stereocenters. The number of anilines is 1. The van der Waals surface area contributed by atoms with Gasteiger partial charge < -0.3 is 5.11 Å². The number of aliphatic hydroxyl groups is 1. The number of rotatable bonds is 4. The van der Waals surface area contributed by atoms with E-state index < -0.39 is 17.7 Å². The zero-order valence-electron chi connectivity index (χ0n) is 14.8. The van der Waals surface area contributed by atoms with Crippen LogP contribution in [-0.4, -0.2) is 21.8 Å². The Bertz CT molecular complexity index is 1090. The molecule has 0 radical (unpaired) electrons. The SMILES string of the molecule is Cc1c(Cl)cccc1N1C(=O)C(O)=C(C(=O)c2cccs2)C1c1cccnc1. The number of aromatic nitrogens is 1. The lowest BCUT2D eigenvalue weighted by molar-refractivity contribution is -0.117. The predicted octanol–water partition coefficient (Wildman–Crippen LogP) is 4.89. The van der Waals surface area contributed by atoms with E-state index in [-0.39, 0.29) is 11.4 Å². The number of carbonyl (C=O) groups is 2. The van der Waals surface area contributed by atoms with Crippen molar-refractivity contribution in [2.75, 3.05) is 4.90 Å². The molecule has 140 valence electrons. The van der Waals surface area contributed by atoms with Gasteiger partial charge in [0.05, 0.1) is 16.5 Å². The van der Waals surface area contributed by atoms with Crippen molar-refractivity contribution < 1.29 is 14.7 Å². The van der Waals surface area contributed by atoms with Crippen LogP contribution in [0.3, 0.4) is 0 Å². The van der Waals surface area contributed by atoms with Crippen molar-refractivity contribution in [2.45, 2.75) is 13.0 Å². The molecule has 1 aromatic carbocycles. The number of nitrogens with zero attached hydrogens (tertiary/aromatic N) is 2. The van der Waals surface area contributed by atoms with E-state index in [1.165, 1.54) is 16.2 Å². The Morgan fingerprint density at radius 3 is 2.71 bits per heavy atom. The molecule has 1 unspecified atom stereocenters. The fraction of sp³-hybridized carbons (Fsp3) is 0.0952. The number of carbonyl (C=O) groups excluding carboxylic acids is 2. The van der Waals surface area contributed by atoms with Crippen LogP contribution < -0.4 is 4.90 Å². The number of halogens is 1. The molecule has 0 saturated heterocycles. The Hall–Kier alpha value is -2.96. The van der Waals surface area contributed by atoms with Gasteiger partial charge in [0.1, 0.15) is 0 Å². The maximum atomic E-state index is 13.1. The minimum atomic E-state index is -0.798. The molecule has 1 aliphatic heterocycles. The average Bonchev–Trinajstić information content (AvgIpc) is 3.32. The molecule has 0 fully saturated rings. The summed E-state index contributed by atoms with van der Waals surface area (Å²) in [6.45, 7) is 1.79. The van der Waals surface area contributed by atoms with Gasteiger partial charge in [-0.25, -0.2) is 0 Å². The molecule has 2 aromatic heterocycles. The van der Waals surface area contributed by atoms with E-state index in [0.717, 1.165) is 0 Å². The normalized spacial score (nSPS) is 16.7. The molecular weight excluding hydrogens is 396 g/mol. The summed E-state index contributed by atoms with van der Waals surface area (Å²) in [6.07, 6.45) is 3.20. The van der Waals surface area contributed by atoms with Gasteiger partial charge in [0.15, 0.2) is 5.76 Å². The lowest BCUT2D eigenvalue weighted by Crippen LogP contribution is -2.31. The van der Waals surface area contributed by atoms with Gasteiger partial charge in [0.2, 0.25) is 5.78 Å². The summed E-state index contributed by atoms with van der Waals surface area (Å²) in [4.78, 5) is 32.2.